The van der Waals surface area contributed by atoms with Gasteiger partial charge in [0.25, 0.3) is 0 Å². The summed E-state index contributed by atoms with van der Waals surface area (Å²) in [6.45, 7) is 0.721. The molecule has 0 amide bonds. The van der Waals surface area contributed by atoms with Crippen molar-refractivity contribution in [3.05, 3.63) is 57.7 Å². The first-order valence-electron chi connectivity index (χ1n) is 6.20. The van der Waals surface area contributed by atoms with Gasteiger partial charge in [0.1, 0.15) is 22.1 Å². The van der Waals surface area contributed by atoms with Gasteiger partial charge in [0.15, 0.2) is 0 Å². The van der Waals surface area contributed by atoms with Crippen molar-refractivity contribution in [1.82, 2.24) is 4.98 Å². The average Bonchev–Trinajstić information content (AvgIpc) is 2.43. The van der Waals surface area contributed by atoms with Crippen molar-refractivity contribution in [3.8, 4) is 0 Å². The minimum absolute atomic E-state index is 0.260. The Balaban J connectivity index is 2.08. The smallest absolute Gasteiger partial charge is 0.134 e. The molecule has 0 atom stereocenters. The van der Waals surface area contributed by atoms with E-state index in [1.54, 1.807) is 6.08 Å². The molecule has 2 heterocycles. The highest BCUT2D eigenvalue weighted by molar-refractivity contribution is 9.10. The van der Waals surface area contributed by atoms with Crippen LogP contribution >= 0.6 is 15.9 Å². The Morgan fingerprint density at radius 2 is 2.05 bits per heavy atom. The van der Waals surface area contributed by atoms with E-state index in [9.17, 15) is 8.78 Å². The molecule has 2 nitrogen and oxygen atoms in total. The molecule has 2 aromatic rings. The van der Waals surface area contributed by atoms with Crippen LogP contribution in [0.25, 0.3) is 11.6 Å². The first kappa shape index (κ1) is 13.2. The van der Waals surface area contributed by atoms with E-state index in [2.05, 4.69) is 26.2 Å². The standard InChI is InChI=1S/C15H11BrF2N2/c16-14-4-2-12-9(5-6-19-15(12)20-14)7-10-8-11(17)1-3-13(10)18/h1-4,7-8H,5-6H2,(H,19,20)/b9-7-. The molecule has 102 valence electrons. The quantitative estimate of drug-likeness (QED) is 0.776. The summed E-state index contributed by atoms with van der Waals surface area (Å²) in [5.74, 6) is -0.112. The van der Waals surface area contributed by atoms with E-state index in [-0.39, 0.29) is 5.56 Å². The summed E-state index contributed by atoms with van der Waals surface area (Å²) < 4.78 is 27.7. The number of rotatable bonds is 1. The number of anilines is 1. The fraction of sp³-hybridized carbons (Fsp3) is 0.133. The van der Waals surface area contributed by atoms with Gasteiger partial charge in [0, 0.05) is 17.7 Å². The number of fused-ring (bicyclic) bond motifs is 1. The van der Waals surface area contributed by atoms with Gasteiger partial charge in [-0.25, -0.2) is 13.8 Å². The molecule has 0 fully saturated rings. The summed E-state index contributed by atoms with van der Waals surface area (Å²) in [5, 5.41) is 3.20. The molecule has 1 aliphatic heterocycles. The van der Waals surface area contributed by atoms with Gasteiger partial charge in [-0.3, -0.25) is 0 Å². The van der Waals surface area contributed by atoms with Gasteiger partial charge in [-0.05, 0) is 64.3 Å². The number of aromatic nitrogens is 1. The van der Waals surface area contributed by atoms with Gasteiger partial charge in [-0.15, -0.1) is 0 Å². The molecule has 1 aromatic carbocycles. The minimum Gasteiger partial charge on any atom is -0.369 e. The van der Waals surface area contributed by atoms with Crippen molar-refractivity contribution >= 4 is 33.4 Å². The molecular weight excluding hydrogens is 326 g/mol. The average molecular weight is 337 g/mol. The number of nitrogens with one attached hydrogen (secondary N) is 1. The Hall–Kier alpha value is -1.75. The van der Waals surface area contributed by atoms with E-state index in [0.717, 1.165) is 46.7 Å². The van der Waals surface area contributed by atoms with Crippen LogP contribution in [0, 0.1) is 11.6 Å². The van der Waals surface area contributed by atoms with Crippen molar-refractivity contribution in [2.45, 2.75) is 6.42 Å². The zero-order chi connectivity index (χ0) is 14.1. The van der Waals surface area contributed by atoms with E-state index >= 15 is 0 Å². The first-order valence-corrected chi connectivity index (χ1v) is 6.99. The molecule has 20 heavy (non-hydrogen) atoms. The molecule has 1 aromatic heterocycles. The molecule has 0 unspecified atom stereocenters. The summed E-state index contributed by atoms with van der Waals surface area (Å²) in [5.41, 5.74) is 2.13. The Morgan fingerprint density at radius 3 is 2.90 bits per heavy atom. The van der Waals surface area contributed by atoms with Gasteiger partial charge in [0.05, 0.1) is 0 Å². The predicted octanol–water partition coefficient (Wildman–Crippen LogP) is 4.48. The van der Waals surface area contributed by atoms with E-state index in [0.29, 0.717) is 0 Å². The van der Waals surface area contributed by atoms with Crippen molar-refractivity contribution in [3.63, 3.8) is 0 Å². The number of halogens is 3. The van der Waals surface area contributed by atoms with E-state index in [1.807, 2.05) is 12.1 Å². The number of hydrogen-bond donors (Lipinski definition) is 1. The highest BCUT2D eigenvalue weighted by Gasteiger charge is 2.15. The fourth-order valence-electron chi connectivity index (χ4n) is 2.24. The zero-order valence-electron chi connectivity index (χ0n) is 10.5. The van der Waals surface area contributed by atoms with Crippen molar-refractivity contribution in [2.24, 2.45) is 0 Å². The third-order valence-electron chi connectivity index (χ3n) is 3.18. The maximum atomic E-state index is 13.7. The number of hydrogen-bond acceptors (Lipinski definition) is 2. The largest absolute Gasteiger partial charge is 0.369 e. The monoisotopic (exact) mass is 336 g/mol. The Kier molecular flexibility index (Phi) is 3.53. The van der Waals surface area contributed by atoms with Crippen LogP contribution in [-0.4, -0.2) is 11.5 Å². The first-order chi connectivity index (χ1) is 9.63. The van der Waals surface area contributed by atoms with E-state index < -0.39 is 11.6 Å². The van der Waals surface area contributed by atoms with E-state index in [1.165, 1.54) is 6.07 Å². The van der Waals surface area contributed by atoms with Crippen LogP contribution in [0.15, 0.2) is 34.9 Å². The topological polar surface area (TPSA) is 24.9 Å². The second-order valence-corrected chi connectivity index (χ2v) is 5.35. The summed E-state index contributed by atoms with van der Waals surface area (Å²) in [4.78, 5) is 4.34. The predicted molar refractivity (Wildman–Crippen MR) is 79.3 cm³/mol. The van der Waals surface area contributed by atoms with Gasteiger partial charge in [0.2, 0.25) is 0 Å². The summed E-state index contributed by atoms with van der Waals surface area (Å²) in [7, 11) is 0. The Morgan fingerprint density at radius 1 is 1.20 bits per heavy atom. The van der Waals surface area contributed by atoms with Gasteiger partial charge < -0.3 is 5.32 Å². The van der Waals surface area contributed by atoms with E-state index in [4.69, 9.17) is 0 Å². The maximum absolute atomic E-state index is 13.7. The lowest BCUT2D eigenvalue weighted by Gasteiger charge is -2.20. The molecule has 3 rings (SSSR count). The molecule has 1 aliphatic rings. The van der Waals surface area contributed by atoms with Crippen molar-refractivity contribution < 1.29 is 8.78 Å². The lowest BCUT2D eigenvalue weighted by atomic mass is 9.97. The Labute approximate surface area is 123 Å². The van der Waals surface area contributed by atoms with Crippen LogP contribution in [0.3, 0.4) is 0 Å². The van der Waals surface area contributed by atoms with Gasteiger partial charge >= 0.3 is 0 Å². The van der Waals surface area contributed by atoms with Crippen LogP contribution in [-0.2, 0) is 0 Å². The molecule has 1 N–H and O–H groups in total. The summed E-state index contributed by atoms with van der Waals surface area (Å²) in [6.07, 6.45) is 2.43. The third-order valence-corrected chi connectivity index (χ3v) is 3.62. The summed E-state index contributed by atoms with van der Waals surface area (Å²) in [6, 6.07) is 7.22. The molecule has 0 saturated carbocycles. The number of nitrogens with zero attached hydrogens (tertiary/aromatic N) is 1. The van der Waals surface area contributed by atoms with Crippen molar-refractivity contribution in [1.29, 1.82) is 0 Å². The maximum Gasteiger partial charge on any atom is 0.134 e. The lowest BCUT2D eigenvalue weighted by molar-refractivity contribution is 0.598. The van der Waals surface area contributed by atoms with Gasteiger partial charge in [-0.1, -0.05) is 0 Å². The van der Waals surface area contributed by atoms with Crippen LogP contribution in [0.2, 0.25) is 0 Å². The normalized spacial score (nSPS) is 15.8. The minimum atomic E-state index is -0.443. The van der Waals surface area contributed by atoms with Crippen LogP contribution in [0.1, 0.15) is 17.5 Å². The third kappa shape index (κ3) is 2.58. The SMILES string of the molecule is Fc1ccc(F)c(/C=C2/CCNc3nc(Br)ccc32)c1. The zero-order valence-corrected chi connectivity index (χ0v) is 12.0. The number of benzene rings is 1. The molecular formula is C15H11BrF2N2. The summed E-state index contributed by atoms with van der Waals surface area (Å²) >= 11 is 3.32. The second-order valence-electron chi connectivity index (χ2n) is 4.54. The Bertz CT molecular complexity index is 698. The molecule has 0 aliphatic carbocycles. The molecule has 0 bridgehead atoms. The molecule has 5 heteroatoms. The highest BCUT2D eigenvalue weighted by atomic mass is 79.9. The fourth-order valence-corrected chi connectivity index (χ4v) is 2.55. The highest BCUT2D eigenvalue weighted by Crippen LogP contribution is 2.32. The van der Waals surface area contributed by atoms with Crippen molar-refractivity contribution in [2.75, 3.05) is 11.9 Å². The number of pyridine rings is 1. The van der Waals surface area contributed by atoms with Gasteiger partial charge in [-0.2, -0.15) is 0 Å². The van der Waals surface area contributed by atoms with Crippen LogP contribution in [0.5, 0.6) is 0 Å². The molecule has 0 radical (unpaired) electrons. The molecule has 0 saturated heterocycles. The van der Waals surface area contributed by atoms with Crippen LogP contribution in [0.4, 0.5) is 14.6 Å². The van der Waals surface area contributed by atoms with Crippen LogP contribution < -0.4 is 5.32 Å². The second kappa shape index (κ2) is 5.32. The lowest BCUT2D eigenvalue weighted by Crippen LogP contribution is -2.12. The molecule has 0 spiro atoms.